The van der Waals surface area contributed by atoms with E-state index in [0.29, 0.717) is 11.8 Å². The van der Waals surface area contributed by atoms with Gasteiger partial charge in [0.25, 0.3) is 0 Å². The quantitative estimate of drug-likeness (QED) is 0.861. The number of hydrogen-bond acceptors (Lipinski definition) is 2. The van der Waals surface area contributed by atoms with Crippen LogP contribution in [0.25, 0.3) is 10.9 Å². The summed E-state index contributed by atoms with van der Waals surface area (Å²) in [6.45, 7) is 8.45. The Morgan fingerprint density at radius 2 is 1.82 bits per heavy atom. The molecule has 90 valence electrons. The van der Waals surface area contributed by atoms with Crippen LogP contribution >= 0.6 is 0 Å². The highest BCUT2D eigenvalue weighted by molar-refractivity contribution is 5.81. The van der Waals surface area contributed by atoms with E-state index in [1.54, 1.807) is 6.07 Å². The topological polar surface area (TPSA) is 45.8 Å². The highest BCUT2D eigenvalue weighted by atomic mass is 16.1. The molecule has 1 N–H and O–H groups in total. The van der Waals surface area contributed by atoms with Gasteiger partial charge in [0.1, 0.15) is 0 Å². The van der Waals surface area contributed by atoms with Gasteiger partial charge in [-0.2, -0.15) is 0 Å². The van der Waals surface area contributed by atoms with Gasteiger partial charge in [-0.15, -0.1) is 0 Å². The summed E-state index contributed by atoms with van der Waals surface area (Å²) >= 11 is 0. The second-order valence-corrected chi connectivity index (χ2v) is 5.03. The van der Waals surface area contributed by atoms with Crippen molar-refractivity contribution in [3.05, 3.63) is 39.9 Å². The zero-order chi connectivity index (χ0) is 12.6. The first kappa shape index (κ1) is 11.8. The van der Waals surface area contributed by atoms with Gasteiger partial charge in [-0.05, 0) is 24.0 Å². The molecular weight excluding hydrogens is 212 g/mol. The molecule has 0 spiro atoms. The molecule has 0 fully saturated rings. The largest absolute Gasteiger partial charge is 0.320 e. The van der Waals surface area contributed by atoms with E-state index < -0.39 is 0 Å². The van der Waals surface area contributed by atoms with E-state index in [2.05, 4.69) is 43.7 Å². The number of nitrogens with one attached hydrogen (secondary N) is 1. The minimum atomic E-state index is -0.0708. The molecule has 0 unspecified atom stereocenters. The molecule has 0 saturated carbocycles. The van der Waals surface area contributed by atoms with E-state index in [9.17, 15) is 4.79 Å². The van der Waals surface area contributed by atoms with Gasteiger partial charge in [-0.1, -0.05) is 27.7 Å². The first-order valence-corrected chi connectivity index (χ1v) is 6.03. The lowest BCUT2D eigenvalue weighted by Crippen LogP contribution is -2.08. The summed E-state index contributed by atoms with van der Waals surface area (Å²) in [4.78, 5) is 19.0. The predicted molar refractivity (Wildman–Crippen MR) is 70.5 cm³/mol. The summed E-state index contributed by atoms with van der Waals surface area (Å²) in [5.74, 6) is 0.693. The fraction of sp³-hybridized carbons (Fsp3) is 0.429. The lowest BCUT2D eigenvalue weighted by molar-refractivity contribution is 0.771. The minimum Gasteiger partial charge on any atom is -0.320 e. The average molecular weight is 230 g/mol. The first-order valence-electron chi connectivity index (χ1n) is 6.03. The molecule has 0 atom stereocenters. The zero-order valence-corrected chi connectivity index (χ0v) is 10.7. The number of rotatable bonds is 2. The number of hydrogen-bond donors (Lipinski definition) is 1. The van der Waals surface area contributed by atoms with Crippen LogP contribution in [0.1, 0.15) is 50.9 Å². The van der Waals surface area contributed by atoms with Gasteiger partial charge in [0, 0.05) is 17.1 Å². The molecule has 0 radical (unpaired) electrons. The smallest absolute Gasteiger partial charge is 0.248 e. The fourth-order valence-electron chi connectivity index (χ4n) is 1.92. The second-order valence-electron chi connectivity index (χ2n) is 5.03. The Balaban J connectivity index is 2.81. The predicted octanol–water partition coefficient (Wildman–Crippen LogP) is 3.17. The van der Waals surface area contributed by atoms with Crippen LogP contribution in [0.4, 0.5) is 0 Å². The zero-order valence-electron chi connectivity index (χ0n) is 10.7. The van der Waals surface area contributed by atoms with Crippen LogP contribution in [0.5, 0.6) is 0 Å². The number of nitrogens with zero attached hydrogens (tertiary/aromatic N) is 1. The summed E-state index contributed by atoms with van der Waals surface area (Å²) in [5, 5.41) is 1.06. The Bertz CT molecular complexity index is 597. The Kier molecular flexibility index (Phi) is 3.01. The molecule has 2 aromatic rings. The highest BCUT2D eigenvalue weighted by Gasteiger charge is 2.11. The molecular formula is C14H18N2O. The maximum absolute atomic E-state index is 11.4. The van der Waals surface area contributed by atoms with Crippen molar-refractivity contribution in [1.82, 2.24) is 9.97 Å². The van der Waals surface area contributed by atoms with Crippen molar-refractivity contribution >= 4 is 10.9 Å². The minimum absolute atomic E-state index is 0.0708. The maximum Gasteiger partial charge on any atom is 0.248 e. The van der Waals surface area contributed by atoms with Crippen LogP contribution in [0.15, 0.2) is 23.0 Å². The molecule has 0 aliphatic carbocycles. The van der Waals surface area contributed by atoms with Gasteiger partial charge in [0.15, 0.2) is 0 Å². The molecule has 0 aromatic carbocycles. The van der Waals surface area contributed by atoms with Gasteiger partial charge in [0.05, 0.1) is 11.2 Å². The van der Waals surface area contributed by atoms with Crippen molar-refractivity contribution in [3.63, 3.8) is 0 Å². The van der Waals surface area contributed by atoms with Crippen molar-refractivity contribution in [1.29, 1.82) is 0 Å². The van der Waals surface area contributed by atoms with Gasteiger partial charge >= 0.3 is 0 Å². The summed E-state index contributed by atoms with van der Waals surface area (Å²) in [7, 11) is 0. The summed E-state index contributed by atoms with van der Waals surface area (Å²) < 4.78 is 0. The third-order valence-corrected chi connectivity index (χ3v) is 2.90. The van der Waals surface area contributed by atoms with Crippen LogP contribution in [0, 0.1) is 0 Å². The Morgan fingerprint density at radius 1 is 1.12 bits per heavy atom. The van der Waals surface area contributed by atoms with Gasteiger partial charge < -0.3 is 4.98 Å². The van der Waals surface area contributed by atoms with Gasteiger partial charge in [-0.25, -0.2) is 0 Å². The standard InChI is InChI=1S/C14H18N2O/c1-8(2)11-7-10-5-6-12(17)16-14(10)13(15-11)9(3)4/h5-9H,1-4H3,(H,16,17). The van der Waals surface area contributed by atoms with E-state index >= 15 is 0 Å². The summed E-state index contributed by atoms with van der Waals surface area (Å²) in [5.41, 5.74) is 2.85. The number of fused-ring (bicyclic) bond motifs is 1. The molecule has 0 amide bonds. The van der Waals surface area contributed by atoms with E-state index in [4.69, 9.17) is 0 Å². The summed E-state index contributed by atoms with van der Waals surface area (Å²) in [6, 6.07) is 5.49. The first-order chi connectivity index (χ1) is 7.99. The highest BCUT2D eigenvalue weighted by Crippen LogP contribution is 2.24. The molecule has 3 heteroatoms. The molecule has 0 aliphatic rings. The normalized spacial score (nSPS) is 11.6. The van der Waals surface area contributed by atoms with Crippen molar-refractivity contribution in [2.75, 3.05) is 0 Å². The molecule has 0 aliphatic heterocycles. The molecule has 0 bridgehead atoms. The van der Waals surface area contributed by atoms with Gasteiger partial charge in [-0.3, -0.25) is 9.78 Å². The number of H-pyrrole nitrogens is 1. The SMILES string of the molecule is CC(C)c1cc2ccc(=O)[nH]c2c(C(C)C)n1. The van der Waals surface area contributed by atoms with E-state index in [0.717, 1.165) is 22.3 Å². The lowest BCUT2D eigenvalue weighted by Gasteiger charge is -2.13. The molecule has 0 saturated heterocycles. The van der Waals surface area contributed by atoms with Crippen LogP contribution < -0.4 is 5.56 Å². The average Bonchev–Trinajstić information content (AvgIpc) is 2.27. The van der Waals surface area contributed by atoms with E-state index in [1.807, 2.05) is 6.07 Å². The van der Waals surface area contributed by atoms with Crippen molar-refractivity contribution in [3.8, 4) is 0 Å². The molecule has 2 rings (SSSR count). The molecule has 17 heavy (non-hydrogen) atoms. The van der Waals surface area contributed by atoms with E-state index in [1.165, 1.54) is 0 Å². The molecule has 2 aromatic heterocycles. The van der Waals surface area contributed by atoms with Crippen molar-refractivity contribution < 1.29 is 0 Å². The van der Waals surface area contributed by atoms with Crippen LogP contribution in [0.3, 0.4) is 0 Å². The summed E-state index contributed by atoms with van der Waals surface area (Å²) in [6.07, 6.45) is 0. The Morgan fingerprint density at radius 3 is 2.41 bits per heavy atom. The molecule has 2 heterocycles. The van der Waals surface area contributed by atoms with Gasteiger partial charge in [0.2, 0.25) is 5.56 Å². The lowest BCUT2D eigenvalue weighted by atomic mass is 10.0. The number of aromatic nitrogens is 2. The molecule has 3 nitrogen and oxygen atoms in total. The second kappa shape index (κ2) is 4.32. The number of aromatic amines is 1. The van der Waals surface area contributed by atoms with E-state index in [-0.39, 0.29) is 5.56 Å². The third-order valence-electron chi connectivity index (χ3n) is 2.90. The number of pyridine rings is 2. The monoisotopic (exact) mass is 230 g/mol. The van der Waals surface area contributed by atoms with Crippen molar-refractivity contribution in [2.45, 2.75) is 39.5 Å². The fourth-order valence-corrected chi connectivity index (χ4v) is 1.92. The maximum atomic E-state index is 11.4. The third kappa shape index (κ3) is 2.23. The van der Waals surface area contributed by atoms with Crippen molar-refractivity contribution in [2.24, 2.45) is 0 Å². The van der Waals surface area contributed by atoms with Crippen LogP contribution in [0.2, 0.25) is 0 Å². The van der Waals surface area contributed by atoms with Crippen LogP contribution in [-0.2, 0) is 0 Å². The Labute approximate surface area is 101 Å². The van der Waals surface area contributed by atoms with Crippen LogP contribution in [-0.4, -0.2) is 9.97 Å². The Hall–Kier alpha value is -1.64.